The van der Waals surface area contributed by atoms with Gasteiger partial charge < -0.3 is 15.2 Å². The van der Waals surface area contributed by atoms with Gasteiger partial charge in [0.05, 0.1) is 16.3 Å². The molecule has 26 heavy (non-hydrogen) atoms. The standard InChI is InChI=1S/C19H19N3O2S2/c20-15-5-1-6-16-14(15)4-2-8-22(16)19(23)12-25-11-13-10-17(24-21-13)18-7-3-9-26-18/h1,3,5-7,9-10H,2,4,8,11-12,20H2. The largest absolute Gasteiger partial charge is 0.398 e. The van der Waals surface area contributed by atoms with Gasteiger partial charge in [-0.15, -0.1) is 23.1 Å². The summed E-state index contributed by atoms with van der Waals surface area (Å²) in [6, 6.07) is 11.7. The van der Waals surface area contributed by atoms with Crippen LogP contribution in [0.2, 0.25) is 0 Å². The zero-order valence-corrected chi connectivity index (χ0v) is 15.8. The Morgan fingerprint density at radius 1 is 1.35 bits per heavy atom. The SMILES string of the molecule is Nc1cccc2c1CCCN2C(=O)CSCc1cc(-c2cccs2)on1. The predicted octanol–water partition coefficient (Wildman–Crippen LogP) is 4.20. The topological polar surface area (TPSA) is 72.4 Å². The van der Waals surface area contributed by atoms with Crippen LogP contribution >= 0.6 is 23.1 Å². The first kappa shape index (κ1) is 17.2. The van der Waals surface area contributed by atoms with Crippen molar-refractivity contribution in [1.29, 1.82) is 0 Å². The van der Waals surface area contributed by atoms with Crippen LogP contribution in [0, 0.1) is 0 Å². The summed E-state index contributed by atoms with van der Waals surface area (Å²) in [4.78, 5) is 15.6. The van der Waals surface area contributed by atoms with Crippen molar-refractivity contribution in [3.8, 4) is 10.6 Å². The van der Waals surface area contributed by atoms with Gasteiger partial charge in [0, 0.05) is 29.7 Å². The molecule has 1 aromatic carbocycles. The summed E-state index contributed by atoms with van der Waals surface area (Å²) >= 11 is 3.18. The lowest BCUT2D eigenvalue weighted by Gasteiger charge is -2.30. The number of benzene rings is 1. The minimum absolute atomic E-state index is 0.114. The van der Waals surface area contributed by atoms with Gasteiger partial charge in [0.15, 0.2) is 5.76 Å². The Kier molecular flexibility index (Phi) is 4.99. The van der Waals surface area contributed by atoms with Crippen molar-refractivity contribution >= 4 is 40.4 Å². The molecule has 2 aromatic heterocycles. The van der Waals surface area contributed by atoms with Crippen LogP contribution in [0.3, 0.4) is 0 Å². The molecule has 0 saturated heterocycles. The second-order valence-electron chi connectivity index (χ2n) is 6.15. The number of nitrogen functional groups attached to an aromatic ring is 1. The fraction of sp³-hybridized carbons (Fsp3) is 0.263. The monoisotopic (exact) mass is 385 g/mol. The first-order valence-corrected chi connectivity index (χ1v) is 10.5. The maximum Gasteiger partial charge on any atom is 0.236 e. The summed E-state index contributed by atoms with van der Waals surface area (Å²) in [5.41, 5.74) is 9.74. The van der Waals surface area contributed by atoms with Crippen molar-refractivity contribution in [1.82, 2.24) is 5.16 Å². The van der Waals surface area contributed by atoms with Crippen LogP contribution in [0.15, 0.2) is 46.3 Å². The molecular weight excluding hydrogens is 366 g/mol. The Hall–Kier alpha value is -2.25. The molecule has 5 nitrogen and oxygen atoms in total. The smallest absolute Gasteiger partial charge is 0.236 e. The molecule has 0 aliphatic carbocycles. The van der Waals surface area contributed by atoms with E-state index in [1.807, 2.05) is 46.7 Å². The van der Waals surface area contributed by atoms with Crippen LogP contribution in [0.5, 0.6) is 0 Å². The highest BCUT2D eigenvalue weighted by Crippen LogP contribution is 2.32. The number of fused-ring (bicyclic) bond motifs is 1. The zero-order chi connectivity index (χ0) is 17.9. The van der Waals surface area contributed by atoms with Crippen molar-refractivity contribution in [3.63, 3.8) is 0 Å². The molecule has 3 heterocycles. The number of amides is 1. The molecule has 3 aromatic rings. The van der Waals surface area contributed by atoms with Gasteiger partial charge in [-0.2, -0.15) is 0 Å². The van der Waals surface area contributed by atoms with Gasteiger partial charge in [-0.3, -0.25) is 4.79 Å². The Morgan fingerprint density at radius 3 is 3.12 bits per heavy atom. The molecule has 0 unspecified atom stereocenters. The van der Waals surface area contributed by atoms with E-state index < -0.39 is 0 Å². The normalized spacial score (nSPS) is 13.6. The van der Waals surface area contributed by atoms with Crippen molar-refractivity contribution in [3.05, 3.63) is 53.0 Å². The van der Waals surface area contributed by atoms with E-state index in [1.54, 1.807) is 23.1 Å². The number of thioether (sulfide) groups is 1. The van der Waals surface area contributed by atoms with E-state index >= 15 is 0 Å². The summed E-state index contributed by atoms with van der Waals surface area (Å²) in [5.74, 6) is 1.96. The van der Waals surface area contributed by atoms with E-state index in [0.717, 1.165) is 52.7 Å². The van der Waals surface area contributed by atoms with E-state index in [-0.39, 0.29) is 5.91 Å². The predicted molar refractivity (Wildman–Crippen MR) is 108 cm³/mol. The number of aromatic nitrogens is 1. The molecule has 0 radical (unpaired) electrons. The van der Waals surface area contributed by atoms with Crippen molar-refractivity contribution in [2.75, 3.05) is 22.9 Å². The Labute approximate surface area is 160 Å². The number of carbonyl (C=O) groups is 1. The van der Waals surface area contributed by atoms with Crippen LogP contribution in [0.1, 0.15) is 17.7 Å². The first-order chi connectivity index (χ1) is 12.7. The minimum Gasteiger partial charge on any atom is -0.398 e. The molecule has 1 aliphatic heterocycles. The van der Waals surface area contributed by atoms with E-state index in [4.69, 9.17) is 10.3 Å². The third-order valence-corrected chi connectivity index (χ3v) is 6.22. The summed E-state index contributed by atoms with van der Waals surface area (Å²) in [7, 11) is 0. The summed E-state index contributed by atoms with van der Waals surface area (Å²) < 4.78 is 5.38. The number of hydrogen-bond acceptors (Lipinski definition) is 6. The maximum atomic E-state index is 12.7. The Bertz CT molecular complexity index is 905. The molecule has 4 rings (SSSR count). The van der Waals surface area contributed by atoms with Gasteiger partial charge in [-0.1, -0.05) is 17.3 Å². The fourth-order valence-corrected chi connectivity index (χ4v) is 4.60. The zero-order valence-electron chi connectivity index (χ0n) is 14.2. The molecule has 0 saturated carbocycles. The van der Waals surface area contributed by atoms with E-state index in [1.165, 1.54) is 0 Å². The first-order valence-electron chi connectivity index (χ1n) is 8.47. The van der Waals surface area contributed by atoms with Crippen LogP contribution < -0.4 is 10.6 Å². The number of hydrogen-bond donors (Lipinski definition) is 1. The van der Waals surface area contributed by atoms with E-state index in [2.05, 4.69) is 5.16 Å². The fourth-order valence-electron chi connectivity index (χ4n) is 3.15. The average Bonchev–Trinajstić information content (AvgIpc) is 3.33. The highest BCUT2D eigenvalue weighted by atomic mass is 32.2. The van der Waals surface area contributed by atoms with Gasteiger partial charge in [-0.25, -0.2) is 0 Å². The molecule has 2 N–H and O–H groups in total. The van der Waals surface area contributed by atoms with Crippen molar-refractivity contribution in [2.24, 2.45) is 0 Å². The number of thiophene rings is 1. The average molecular weight is 386 g/mol. The molecule has 134 valence electrons. The van der Waals surface area contributed by atoms with E-state index in [9.17, 15) is 4.79 Å². The quantitative estimate of drug-likeness (QED) is 0.667. The number of anilines is 2. The highest BCUT2D eigenvalue weighted by molar-refractivity contribution is 7.99. The molecule has 0 spiro atoms. The number of carbonyl (C=O) groups excluding carboxylic acids is 1. The van der Waals surface area contributed by atoms with Gasteiger partial charge in [0.1, 0.15) is 0 Å². The summed E-state index contributed by atoms with van der Waals surface area (Å²) in [6.45, 7) is 0.752. The highest BCUT2D eigenvalue weighted by Gasteiger charge is 2.23. The molecule has 1 amide bonds. The third-order valence-electron chi connectivity index (χ3n) is 4.39. The molecule has 0 fully saturated rings. The van der Waals surface area contributed by atoms with Crippen LogP contribution in [0.25, 0.3) is 10.6 Å². The Balaban J connectivity index is 1.36. The van der Waals surface area contributed by atoms with Crippen LogP contribution in [-0.2, 0) is 17.0 Å². The summed E-state index contributed by atoms with van der Waals surface area (Å²) in [5, 5.41) is 6.11. The van der Waals surface area contributed by atoms with Gasteiger partial charge in [0.25, 0.3) is 0 Å². The van der Waals surface area contributed by atoms with Crippen molar-refractivity contribution in [2.45, 2.75) is 18.6 Å². The second-order valence-corrected chi connectivity index (χ2v) is 8.08. The van der Waals surface area contributed by atoms with Crippen molar-refractivity contribution < 1.29 is 9.32 Å². The number of rotatable bonds is 5. The third kappa shape index (κ3) is 3.50. The maximum absolute atomic E-state index is 12.7. The van der Waals surface area contributed by atoms with Gasteiger partial charge >= 0.3 is 0 Å². The van der Waals surface area contributed by atoms with Crippen LogP contribution in [-0.4, -0.2) is 23.4 Å². The lowest BCUT2D eigenvalue weighted by molar-refractivity contribution is -0.116. The van der Waals surface area contributed by atoms with Gasteiger partial charge in [-0.05, 0) is 42.0 Å². The lowest BCUT2D eigenvalue weighted by Crippen LogP contribution is -2.37. The van der Waals surface area contributed by atoms with E-state index in [0.29, 0.717) is 11.5 Å². The minimum atomic E-state index is 0.114. The molecule has 1 aliphatic rings. The van der Waals surface area contributed by atoms with Crippen LogP contribution in [0.4, 0.5) is 11.4 Å². The molecular formula is C19H19N3O2S2. The lowest BCUT2D eigenvalue weighted by atomic mass is 10.00. The Morgan fingerprint density at radius 2 is 2.27 bits per heavy atom. The summed E-state index contributed by atoms with van der Waals surface area (Å²) in [6.07, 6.45) is 1.88. The molecule has 0 atom stereocenters. The number of nitrogens with two attached hydrogens (primary N) is 1. The second kappa shape index (κ2) is 7.55. The van der Waals surface area contributed by atoms with Gasteiger partial charge in [0.2, 0.25) is 5.91 Å². The molecule has 7 heteroatoms. The number of nitrogens with zero attached hydrogens (tertiary/aromatic N) is 2. The molecule has 0 bridgehead atoms.